The van der Waals surface area contributed by atoms with Crippen molar-refractivity contribution in [3.63, 3.8) is 0 Å². The van der Waals surface area contributed by atoms with Gasteiger partial charge in [-0.05, 0) is 84.2 Å². The molecule has 17 heteroatoms. The predicted molar refractivity (Wildman–Crippen MR) is 211 cm³/mol. The molecule has 3 amide bonds. The van der Waals surface area contributed by atoms with Crippen LogP contribution in [0, 0.1) is 5.41 Å². The second-order valence-corrected chi connectivity index (χ2v) is 15.7. The summed E-state index contributed by atoms with van der Waals surface area (Å²) >= 11 is 6.04. The molecule has 13 nitrogen and oxygen atoms in total. The van der Waals surface area contributed by atoms with Crippen LogP contribution in [0.25, 0.3) is 0 Å². The van der Waals surface area contributed by atoms with E-state index in [1.54, 1.807) is 60.7 Å². The Hall–Kier alpha value is -5.77. The number of carbonyl (C=O) groups excluding carboxylic acids is 4. The molecule has 6 rings (SSSR count). The molecule has 1 saturated carbocycles. The van der Waals surface area contributed by atoms with Gasteiger partial charge in [0.25, 0.3) is 11.8 Å². The molecule has 0 radical (unpaired) electrons. The zero-order valence-electron chi connectivity index (χ0n) is 32.0. The van der Waals surface area contributed by atoms with Crippen molar-refractivity contribution in [2.75, 3.05) is 43.4 Å². The first-order chi connectivity index (χ1) is 27.5. The van der Waals surface area contributed by atoms with Gasteiger partial charge in [-0.2, -0.15) is 28.1 Å². The average molecular weight is 821 g/mol. The maximum Gasteiger partial charge on any atom is 0.422 e. The average Bonchev–Trinajstić information content (AvgIpc) is 3.74. The molecule has 2 fully saturated rings. The van der Waals surface area contributed by atoms with Crippen LogP contribution < -0.4 is 26.0 Å². The van der Waals surface area contributed by atoms with Gasteiger partial charge in [-0.15, -0.1) is 0 Å². The van der Waals surface area contributed by atoms with Gasteiger partial charge in [-0.1, -0.05) is 61.8 Å². The summed E-state index contributed by atoms with van der Waals surface area (Å²) in [5.74, 6) is -1.71. The van der Waals surface area contributed by atoms with Crippen molar-refractivity contribution < 1.29 is 37.1 Å². The molecule has 1 saturated heterocycles. The number of carbonyl (C=O) groups is 4. The first-order valence-electron chi connectivity index (χ1n) is 18.9. The van der Waals surface area contributed by atoms with Crippen LogP contribution in [0.4, 0.5) is 30.8 Å². The lowest BCUT2D eigenvalue weighted by Gasteiger charge is -2.25. The van der Waals surface area contributed by atoms with Gasteiger partial charge in [-0.3, -0.25) is 19.2 Å². The topological polar surface area (TPSA) is 168 Å². The summed E-state index contributed by atoms with van der Waals surface area (Å²) in [5.41, 5.74) is 2.05. The van der Waals surface area contributed by atoms with Crippen molar-refractivity contribution in [1.82, 2.24) is 30.5 Å². The zero-order chi connectivity index (χ0) is 41.5. The number of aromatic nitrogens is 3. The van der Waals surface area contributed by atoms with Gasteiger partial charge in [0.05, 0.1) is 12.0 Å². The van der Waals surface area contributed by atoms with E-state index in [1.807, 2.05) is 30.9 Å². The number of alkyl halides is 3. The molecule has 0 spiro atoms. The molecule has 0 unspecified atom stereocenters. The SMILES string of the molecule is CC(C)(CNC(=O)C(=O)Cc1ccc(CC(=O)N2CCCC2)cc1)CNC(=O)c1ccc(Nc2nc(NC3(c4ccc(Cl)cc4)CC3)nc(OCC(F)(F)F)n2)cc1. The van der Waals surface area contributed by atoms with E-state index in [0.717, 1.165) is 49.9 Å². The summed E-state index contributed by atoms with van der Waals surface area (Å²) in [7, 11) is 0. The molecule has 0 atom stereocenters. The molecule has 4 N–H and O–H groups in total. The molecular weight excluding hydrogens is 777 g/mol. The van der Waals surface area contributed by atoms with E-state index < -0.39 is 41.4 Å². The molecule has 2 heterocycles. The Morgan fingerprint density at radius 2 is 1.40 bits per heavy atom. The fourth-order valence-electron chi connectivity index (χ4n) is 6.30. The fraction of sp³-hybridized carbons (Fsp3) is 0.390. The van der Waals surface area contributed by atoms with Gasteiger partial charge in [0.15, 0.2) is 6.61 Å². The monoisotopic (exact) mass is 820 g/mol. The Morgan fingerprint density at radius 1 is 0.793 bits per heavy atom. The molecular formula is C41H44ClF3N8O5. The number of hydrogen-bond acceptors (Lipinski definition) is 10. The third-order valence-electron chi connectivity index (χ3n) is 9.79. The maximum atomic E-state index is 13.0. The van der Waals surface area contributed by atoms with E-state index in [1.165, 1.54) is 0 Å². The molecule has 306 valence electrons. The second-order valence-electron chi connectivity index (χ2n) is 15.3. The number of halogens is 4. The lowest BCUT2D eigenvalue weighted by atomic mass is 9.93. The van der Waals surface area contributed by atoms with Crippen LogP contribution in [-0.2, 0) is 32.8 Å². The Balaban J connectivity index is 0.985. The van der Waals surface area contributed by atoms with Crippen LogP contribution in [0.1, 0.15) is 66.6 Å². The minimum absolute atomic E-state index is 0.00848. The van der Waals surface area contributed by atoms with E-state index in [-0.39, 0.29) is 43.2 Å². The number of hydrogen-bond donors (Lipinski definition) is 4. The van der Waals surface area contributed by atoms with E-state index in [2.05, 4.69) is 36.2 Å². The molecule has 4 aromatic rings. The van der Waals surface area contributed by atoms with E-state index in [4.69, 9.17) is 16.3 Å². The first kappa shape index (κ1) is 41.9. The second kappa shape index (κ2) is 17.8. The summed E-state index contributed by atoms with van der Waals surface area (Å²) in [6.07, 6.45) is -0.881. The van der Waals surface area contributed by atoms with Crippen LogP contribution in [0.3, 0.4) is 0 Å². The molecule has 3 aromatic carbocycles. The van der Waals surface area contributed by atoms with Crippen LogP contribution in [0.15, 0.2) is 72.8 Å². The molecule has 1 aliphatic heterocycles. The Bertz CT molecular complexity index is 2110. The van der Waals surface area contributed by atoms with Gasteiger partial charge in [0, 0.05) is 48.9 Å². The van der Waals surface area contributed by atoms with Crippen molar-refractivity contribution in [2.45, 2.75) is 64.1 Å². The number of nitrogens with one attached hydrogen (secondary N) is 4. The third-order valence-corrected chi connectivity index (χ3v) is 10.0. The number of benzene rings is 3. The predicted octanol–water partition coefficient (Wildman–Crippen LogP) is 6.16. The summed E-state index contributed by atoms with van der Waals surface area (Å²) in [6, 6.07) is 20.0. The van der Waals surface area contributed by atoms with Gasteiger partial charge in [0.2, 0.25) is 23.6 Å². The highest BCUT2D eigenvalue weighted by Crippen LogP contribution is 2.48. The smallest absolute Gasteiger partial charge is 0.422 e. The summed E-state index contributed by atoms with van der Waals surface area (Å²) < 4.78 is 43.8. The largest absolute Gasteiger partial charge is 0.454 e. The number of amides is 3. The summed E-state index contributed by atoms with van der Waals surface area (Å²) in [5, 5.41) is 12.2. The molecule has 1 aliphatic carbocycles. The Kier molecular flexibility index (Phi) is 12.8. The van der Waals surface area contributed by atoms with Crippen LogP contribution in [0.2, 0.25) is 5.02 Å². The lowest BCUT2D eigenvalue weighted by Crippen LogP contribution is -2.44. The van der Waals surface area contributed by atoms with Crippen molar-refractivity contribution in [2.24, 2.45) is 5.41 Å². The minimum atomic E-state index is -4.61. The molecule has 58 heavy (non-hydrogen) atoms. The molecule has 2 aliphatic rings. The third kappa shape index (κ3) is 11.9. The van der Waals surface area contributed by atoms with Crippen LogP contribution >= 0.6 is 11.6 Å². The van der Waals surface area contributed by atoms with E-state index >= 15 is 0 Å². The summed E-state index contributed by atoms with van der Waals surface area (Å²) in [6.45, 7) is 3.94. The van der Waals surface area contributed by atoms with E-state index in [0.29, 0.717) is 28.3 Å². The molecule has 1 aromatic heterocycles. The van der Waals surface area contributed by atoms with Gasteiger partial charge < -0.3 is 30.9 Å². The van der Waals surface area contributed by atoms with Crippen molar-refractivity contribution in [3.8, 4) is 6.01 Å². The summed E-state index contributed by atoms with van der Waals surface area (Å²) in [4.78, 5) is 65.1. The van der Waals surface area contributed by atoms with Crippen LogP contribution in [0.5, 0.6) is 6.01 Å². The normalized spacial score (nSPS) is 14.7. The number of nitrogens with zero attached hydrogens (tertiary/aromatic N) is 4. The van der Waals surface area contributed by atoms with E-state index in [9.17, 15) is 32.3 Å². The number of rotatable bonds is 17. The minimum Gasteiger partial charge on any atom is -0.454 e. The number of ketones is 1. The standard InChI is InChI=1S/C41H44ClF3N8O5/c1-39(2,24-47-35(57)32(54)21-26-5-7-27(8-6-26)22-33(55)53-19-3-4-20-53)23-46-34(56)28-9-15-31(16-10-28)48-36-49-37(51-38(50-36)58-25-41(43,44)45)52-40(17-18-40)29-11-13-30(42)14-12-29/h5-16H,3-4,17-25H2,1-2H3,(H,46,56)(H,47,57)(H2,48,49,50,51,52). The Morgan fingerprint density at radius 3 is 2.02 bits per heavy atom. The maximum absolute atomic E-state index is 13.0. The number of Topliss-reactive ketones (excluding diaryl/α,β-unsaturated/α-hetero) is 1. The number of anilines is 3. The van der Waals surface area contributed by atoms with Crippen molar-refractivity contribution >= 4 is 52.7 Å². The highest BCUT2D eigenvalue weighted by Gasteiger charge is 2.45. The van der Waals surface area contributed by atoms with Crippen molar-refractivity contribution in [1.29, 1.82) is 0 Å². The Labute approximate surface area is 338 Å². The first-order valence-corrected chi connectivity index (χ1v) is 19.2. The van der Waals surface area contributed by atoms with Gasteiger partial charge in [0.1, 0.15) is 0 Å². The molecule has 0 bridgehead atoms. The van der Waals surface area contributed by atoms with Crippen molar-refractivity contribution in [3.05, 3.63) is 100 Å². The number of likely N-dealkylation sites (tertiary alicyclic amines) is 1. The lowest BCUT2D eigenvalue weighted by molar-refractivity contribution is -0.154. The number of ether oxygens (including phenoxy) is 1. The van der Waals surface area contributed by atoms with Crippen LogP contribution in [-0.4, -0.2) is 82.3 Å². The highest BCUT2D eigenvalue weighted by atomic mass is 35.5. The highest BCUT2D eigenvalue weighted by molar-refractivity contribution is 6.36. The quantitative estimate of drug-likeness (QED) is 0.0907. The zero-order valence-corrected chi connectivity index (χ0v) is 32.8. The van der Waals surface area contributed by atoms with Gasteiger partial charge in [-0.25, -0.2) is 0 Å². The fourth-order valence-corrected chi connectivity index (χ4v) is 6.43. The van der Waals surface area contributed by atoms with Gasteiger partial charge >= 0.3 is 12.2 Å².